The van der Waals surface area contributed by atoms with Crippen molar-refractivity contribution in [3.8, 4) is 33.8 Å². The van der Waals surface area contributed by atoms with Crippen LogP contribution in [0.2, 0.25) is 0 Å². The zero-order chi connectivity index (χ0) is 31.7. The van der Waals surface area contributed by atoms with E-state index in [1.165, 1.54) is 0 Å². The Bertz CT molecular complexity index is 1560. The summed E-state index contributed by atoms with van der Waals surface area (Å²) in [5.41, 5.74) is 7.77. The van der Waals surface area contributed by atoms with Gasteiger partial charge in [-0.05, 0) is 48.2 Å². The number of para-hydroxylation sites is 2. The monoisotopic (exact) mass is 771 g/mol. The molecule has 0 radical (unpaired) electrons. The van der Waals surface area contributed by atoms with Crippen molar-refractivity contribution >= 4 is 0 Å². The smallest absolute Gasteiger partial charge is 0.126 e. The molecule has 0 fully saturated rings. The summed E-state index contributed by atoms with van der Waals surface area (Å²) in [6, 6.07) is 51.5. The third-order valence-electron chi connectivity index (χ3n) is 7.24. The van der Waals surface area contributed by atoms with Crippen LogP contribution in [0, 0.1) is 13.8 Å². The molecule has 0 heterocycles. The fraction of sp³-hybridized carbons (Fsp3) is 0.0952. The van der Waals surface area contributed by atoms with E-state index in [1.54, 1.807) is 0 Å². The van der Waals surface area contributed by atoms with E-state index in [0.29, 0.717) is 11.5 Å². The molecule has 0 unspecified atom stereocenters. The zero-order valence-electron chi connectivity index (χ0n) is 26.1. The summed E-state index contributed by atoms with van der Waals surface area (Å²) in [5.74, 6) is 0.701. The summed E-state index contributed by atoms with van der Waals surface area (Å²) < 4.78 is 0. The number of benzene rings is 6. The number of rotatable bonds is 8. The average molecular weight is 770 g/mol. The van der Waals surface area contributed by atoms with Crippen molar-refractivity contribution in [2.45, 2.75) is 12.8 Å². The molecule has 0 bridgehead atoms. The topological polar surface area (TPSA) is 52.5 Å². The normalized spacial score (nSPS) is 9.91. The molecular formula is C42H41HfNO2-2. The maximum atomic E-state index is 10.7. The summed E-state index contributed by atoms with van der Waals surface area (Å²) in [6.45, 7) is 8.95. The Labute approximate surface area is 293 Å². The molecule has 4 heteroatoms. The maximum Gasteiger partial charge on any atom is 0.126 e. The van der Waals surface area contributed by atoms with E-state index >= 15 is 0 Å². The van der Waals surface area contributed by atoms with Crippen LogP contribution in [-0.2, 0) is 38.7 Å². The minimum atomic E-state index is 0. The largest absolute Gasteiger partial charge is 0.507 e. The van der Waals surface area contributed by atoms with Crippen molar-refractivity contribution < 1.29 is 36.1 Å². The molecule has 3 N–H and O–H groups in total. The van der Waals surface area contributed by atoms with Gasteiger partial charge in [0.1, 0.15) is 11.5 Å². The second kappa shape index (κ2) is 19.8. The quantitative estimate of drug-likeness (QED) is 0.0822. The van der Waals surface area contributed by atoms with Gasteiger partial charge in [0.2, 0.25) is 0 Å². The first kappa shape index (κ1) is 36.0. The zero-order valence-corrected chi connectivity index (χ0v) is 29.7. The van der Waals surface area contributed by atoms with E-state index in [4.69, 9.17) is 0 Å². The summed E-state index contributed by atoms with van der Waals surface area (Å²) in [5, 5.41) is 24.8. The van der Waals surface area contributed by atoms with Gasteiger partial charge in [-0.2, -0.15) is 49.2 Å². The standard InChI is InChI=1S/C28H27NO2.2C7H7.Hf/c30-27-23(13-7-15-25(27)21-9-3-1-4-10-21)17-19-29-20-18-24-14-8-16-26(28(24)31)22-11-5-2-6-12-22;2*1-7-5-3-2-4-6-7;/h1-16,29-31H,17-20H2;2*2-6H,1H2;/q;2*-1;. The summed E-state index contributed by atoms with van der Waals surface area (Å²) in [6.07, 6.45) is 1.48. The SMILES string of the molecule is Oc1c(CCNCCc2cccc(-c3ccccc3)c2O)cccc1-c1ccccc1.[CH2-]c1ccccc1.[CH2-]c1ccccc1.[Hf]. The van der Waals surface area contributed by atoms with E-state index in [9.17, 15) is 10.2 Å². The fourth-order valence-electron chi connectivity index (χ4n) is 4.81. The molecule has 232 valence electrons. The van der Waals surface area contributed by atoms with Crippen LogP contribution in [0.15, 0.2) is 158 Å². The molecule has 6 aromatic rings. The number of nitrogens with one attached hydrogen (secondary N) is 1. The van der Waals surface area contributed by atoms with Crippen LogP contribution in [0.5, 0.6) is 11.5 Å². The molecule has 6 rings (SSSR count). The van der Waals surface area contributed by atoms with Gasteiger partial charge in [-0.1, -0.05) is 109 Å². The van der Waals surface area contributed by atoms with Crippen LogP contribution in [0.3, 0.4) is 0 Å². The van der Waals surface area contributed by atoms with Crippen LogP contribution < -0.4 is 5.32 Å². The molecule has 46 heavy (non-hydrogen) atoms. The number of hydrogen-bond donors (Lipinski definition) is 3. The number of phenols is 2. The number of phenolic OH excluding ortho intramolecular Hbond substituents is 2. The minimum Gasteiger partial charge on any atom is -0.507 e. The van der Waals surface area contributed by atoms with Gasteiger partial charge in [-0.25, -0.2) is 0 Å². The summed E-state index contributed by atoms with van der Waals surface area (Å²) in [7, 11) is 0. The number of aromatic hydroxyl groups is 2. The van der Waals surface area contributed by atoms with Crippen molar-refractivity contribution in [1.29, 1.82) is 0 Å². The van der Waals surface area contributed by atoms with E-state index in [-0.39, 0.29) is 25.8 Å². The van der Waals surface area contributed by atoms with Gasteiger partial charge in [-0.3, -0.25) is 0 Å². The molecule has 0 saturated heterocycles. The van der Waals surface area contributed by atoms with E-state index in [1.807, 2.05) is 158 Å². The first-order valence-corrected chi connectivity index (χ1v) is 15.2. The van der Waals surface area contributed by atoms with E-state index in [0.717, 1.165) is 70.4 Å². The molecule has 0 amide bonds. The molecule has 3 nitrogen and oxygen atoms in total. The molecular weight excluding hydrogens is 729 g/mol. The first-order chi connectivity index (χ1) is 22.0. The van der Waals surface area contributed by atoms with Gasteiger partial charge in [0, 0.05) is 37.0 Å². The molecule has 0 aromatic heterocycles. The van der Waals surface area contributed by atoms with Crippen molar-refractivity contribution in [1.82, 2.24) is 5.32 Å². The van der Waals surface area contributed by atoms with Crippen molar-refractivity contribution in [3.63, 3.8) is 0 Å². The van der Waals surface area contributed by atoms with Gasteiger partial charge in [-0.15, -0.1) is 24.3 Å². The maximum absolute atomic E-state index is 10.7. The summed E-state index contributed by atoms with van der Waals surface area (Å²) in [4.78, 5) is 0. The van der Waals surface area contributed by atoms with E-state index in [2.05, 4.69) is 19.2 Å². The molecule has 0 spiro atoms. The Morgan fingerprint density at radius 1 is 0.413 bits per heavy atom. The fourth-order valence-corrected chi connectivity index (χ4v) is 4.81. The Balaban J connectivity index is 0.000000315. The first-order valence-electron chi connectivity index (χ1n) is 15.2. The Hall–Kier alpha value is -4.51. The molecule has 0 aliphatic rings. The summed E-state index contributed by atoms with van der Waals surface area (Å²) >= 11 is 0. The average Bonchev–Trinajstić information content (AvgIpc) is 3.08. The predicted molar refractivity (Wildman–Crippen MR) is 189 cm³/mol. The Morgan fingerprint density at radius 2 is 0.739 bits per heavy atom. The van der Waals surface area contributed by atoms with Gasteiger partial charge in [0.05, 0.1) is 0 Å². The third kappa shape index (κ3) is 11.4. The molecule has 0 aliphatic carbocycles. The number of hydrogen-bond acceptors (Lipinski definition) is 3. The molecule has 0 saturated carbocycles. The van der Waals surface area contributed by atoms with Gasteiger partial charge in [0.15, 0.2) is 0 Å². The minimum absolute atomic E-state index is 0. The van der Waals surface area contributed by atoms with Crippen LogP contribution in [0.1, 0.15) is 22.3 Å². The van der Waals surface area contributed by atoms with Crippen LogP contribution in [0.4, 0.5) is 0 Å². The van der Waals surface area contributed by atoms with Gasteiger partial charge < -0.3 is 15.5 Å². The van der Waals surface area contributed by atoms with Crippen LogP contribution in [-0.4, -0.2) is 23.3 Å². The molecule has 6 aromatic carbocycles. The molecule has 0 aliphatic heterocycles. The second-order valence-electron chi connectivity index (χ2n) is 10.6. The Morgan fingerprint density at radius 3 is 1.04 bits per heavy atom. The second-order valence-corrected chi connectivity index (χ2v) is 10.6. The van der Waals surface area contributed by atoms with Crippen molar-refractivity contribution in [2.24, 2.45) is 0 Å². The van der Waals surface area contributed by atoms with Gasteiger partial charge >= 0.3 is 0 Å². The van der Waals surface area contributed by atoms with Gasteiger partial charge in [0.25, 0.3) is 0 Å². The van der Waals surface area contributed by atoms with E-state index < -0.39 is 0 Å². The van der Waals surface area contributed by atoms with Crippen molar-refractivity contribution in [2.75, 3.05) is 13.1 Å². The van der Waals surface area contributed by atoms with Crippen molar-refractivity contribution in [3.05, 3.63) is 194 Å². The molecule has 0 atom stereocenters. The third-order valence-corrected chi connectivity index (χ3v) is 7.24. The van der Waals surface area contributed by atoms with Crippen LogP contribution in [0.25, 0.3) is 22.3 Å². The predicted octanol–water partition coefficient (Wildman–Crippen LogP) is 9.54. The Kier molecular flexibility index (Phi) is 15.5. The van der Waals surface area contributed by atoms with Crippen LogP contribution >= 0.6 is 0 Å².